The van der Waals surface area contributed by atoms with E-state index in [1.807, 2.05) is 0 Å². The van der Waals surface area contributed by atoms with Crippen LogP contribution in [0.2, 0.25) is 0 Å². The van der Waals surface area contributed by atoms with Crippen molar-refractivity contribution in [1.82, 2.24) is 16.0 Å². The Bertz CT molecular complexity index is 500. The molecule has 0 aromatic heterocycles. The second kappa shape index (κ2) is 9.42. The molecule has 0 bridgehead atoms. The summed E-state index contributed by atoms with van der Waals surface area (Å²) in [5.41, 5.74) is 1.39. The van der Waals surface area contributed by atoms with Gasteiger partial charge in [-0.15, -0.1) is 0 Å². The van der Waals surface area contributed by atoms with Gasteiger partial charge in [-0.25, -0.2) is 4.79 Å². The number of rotatable bonds is 8. The van der Waals surface area contributed by atoms with Gasteiger partial charge < -0.3 is 15.5 Å². The molecular formula is C17H29N4O3+. The van der Waals surface area contributed by atoms with Gasteiger partial charge in [-0.1, -0.05) is 11.6 Å². The molecule has 1 saturated carbocycles. The van der Waals surface area contributed by atoms with Gasteiger partial charge in [-0.3, -0.25) is 14.9 Å². The molecule has 0 saturated heterocycles. The number of amides is 4. The Balaban J connectivity index is 1.55. The zero-order chi connectivity index (χ0) is 17.4. The lowest BCUT2D eigenvalue weighted by molar-refractivity contribution is -0.862. The van der Waals surface area contributed by atoms with E-state index in [0.29, 0.717) is 12.6 Å². The van der Waals surface area contributed by atoms with Crippen molar-refractivity contribution in [3.8, 4) is 0 Å². The molecule has 134 valence electrons. The molecule has 0 aliphatic heterocycles. The average molecular weight is 337 g/mol. The van der Waals surface area contributed by atoms with Crippen LogP contribution in [0.15, 0.2) is 11.6 Å². The number of carbonyl (C=O) groups is 3. The number of quaternary nitrogens is 1. The maximum atomic E-state index is 11.8. The third-order valence-corrected chi connectivity index (χ3v) is 4.24. The lowest BCUT2D eigenvalue weighted by Crippen LogP contribution is -3.11. The Morgan fingerprint density at radius 1 is 1.17 bits per heavy atom. The predicted molar refractivity (Wildman–Crippen MR) is 90.5 cm³/mol. The van der Waals surface area contributed by atoms with Crippen LogP contribution in [0.1, 0.15) is 44.9 Å². The van der Waals surface area contributed by atoms with Crippen LogP contribution in [0.5, 0.6) is 0 Å². The number of hydrogen-bond donors (Lipinski definition) is 4. The van der Waals surface area contributed by atoms with Crippen LogP contribution in [0, 0.1) is 0 Å². The van der Waals surface area contributed by atoms with Gasteiger partial charge in [-0.05, 0) is 44.9 Å². The van der Waals surface area contributed by atoms with Crippen molar-refractivity contribution in [2.24, 2.45) is 0 Å². The predicted octanol–water partition coefficient (Wildman–Crippen LogP) is -0.504. The van der Waals surface area contributed by atoms with E-state index in [0.717, 1.165) is 37.0 Å². The quantitative estimate of drug-likeness (QED) is 0.450. The Morgan fingerprint density at radius 3 is 2.58 bits per heavy atom. The highest BCUT2D eigenvalue weighted by molar-refractivity contribution is 5.94. The van der Waals surface area contributed by atoms with Crippen molar-refractivity contribution >= 4 is 17.8 Å². The maximum Gasteiger partial charge on any atom is 0.321 e. The molecule has 0 radical (unpaired) electrons. The first-order valence-electron chi connectivity index (χ1n) is 8.89. The maximum absolute atomic E-state index is 11.8. The summed E-state index contributed by atoms with van der Waals surface area (Å²) >= 11 is 0. The smallest absolute Gasteiger partial charge is 0.321 e. The Kier molecular flexibility index (Phi) is 7.24. The zero-order valence-corrected chi connectivity index (χ0v) is 14.5. The van der Waals surface area contributed by atoms with Crippen molar-refractivity contribution in [1.29, 1.82) is 0 Å². The molecule has 2 rings (SSSR count). The van der Waals surface area contributed by atoms with Gasteiger partial charge in [0.1, 0.15) is 0 Å². The van der Waals surface area contributed by atoms with Gasteiger partial charge in [0.05, 0.1) is 7.05 Å². The van der Waals surface area contributed by atoms with Gasteiger partial charge in [-0.2, -0.15) is 0 Å². The van der Waals surface area contributed by atoms with Crippen molar-refractivity contribution in [2.45, 2.75) is 51.0 Å². The molecule has 24 heavy (non-hydrogen) atoms. The summed E-state index contributed by atoms with van der Waals surface area (Å²) in [5, 5.41) is 7.90. The fourth-order valence-electron chi connectivity index (χ4n) is 2.80. The highest BCUT2D eigenvalue weighted by Gasteiger charge is 2.25. The first-order valence-corrected chi connectivity index (χ1v) is 8.89. The van der Waals surface area contributed by atoms with Crippen LogP contribution in [0.4, 0.5) is 4.79 Å². The van der Waals surface area contributed by atoms with E-state index in [1.54, 1.807) is 7.05 Å². The summed E-state index contributed by atoms with van der Waals surface area (Å²) in [5.74, 6) is -0.422. The molecule has 4 amide bonds. The summed E-state index contributed by atoms with van der Waals surface area (Å²) < 4.78 is 0. The average Bonchev–Trinajstić information content (AvgIpc) is 3.31. The third kappa shape index (κ3) is 7.59. The SMILES string of the molecule is C[NH+](CC(=O)NC(=O)NCCC1=CCCCC1)CC(=O)NC1CC1. The van der Waals surface area contributed by atoms with Gasteiger partial charge in [0.15, 0.2) is 13.1 Å². The van der Waals surface area contributed by atoms with Crippen LogP contribution in [-0.4, -0.2) is 50.6 Å². The van der Waals surface area contributed by atoms with Gasteiger partial charge in [0.2, 0.25) is 0 Å². The first kappa shape index (κ1) is 18.4. The fourth-order valence-corrected chi connectivity index (χ4v) is 2.80. The van der Waals surface area contributed by atoms with E-state index in [1.165, 1.54) is 18.4 Å². The van der Waals surface area contributed by atoms with E-state index >= 15 is 0 Å². The molecule has 7 nitrogen and oxygen atoms in total. The van der Waals surface area contributed by atoms with Crippen LogP contribution >= 0.6 is 0 Å². The number of carbonyl (C=O) groups excluding carboxylic acids is 3. The van der Waals surface area contributed by atoms with Crippen LogP contribution < -0.4 is 20.9 Å². The largest absolute Gasteiger partial charge is 0.348 e. The number of nitrogens with one attached hydrogen (secondary N) is 4. The molecule has 1 unspecified atom stereocenters. The first-order chi connectivity index (χ1) is 11.5. The van der Waals surface area contributed by atoms with E-state index in [4.69, 9.17) is 0 Å². The van der Waals surface area contributed by atoms with Gasteiger partial charge in [0.25, 0.3) is 11.8 Å². The molecule has 2 aliphatic rings. The zero-order valence-electron chi connectivity index (χ0n) is 14.5. The molecule has 0 heterocycles. The summed E-state index contributed by atoms with van der Waals surface area (Å²) in [6.45, 7) is 0.869. The second-order valence-electron chi connectivity index (χ2n) is 6.81. The third-order valence-electron chi connectivity index (χ3n) is 4.24. The second-order valence-corrected chi connectivity index (χ2v) is 6.81. The number of likely N-dealkylation sites (N-methyl/N-ethyl adjacent to an activating group) is 1. The summed E-state index contributed by atoms with van der Waals surface area (Å²) in [6.07, 6.45) is 9.89. The normalized spacial score (nSPS) is 18.3. The molecule has 1 fully saturated rings. The Morgan fingerprint density at radius 2 is 1.92 bits per heavy atom. The monoisotopic (exact) mass is 337 g/mol. The Hall–Kier alpha value is -1.89. The van der Waals surface area contributed by atoms with Crippen LogP contribution in [0.25, 0.3) is 0 Å². The molecular weight excluding hydrogens is 308 g/mol. The van der Waals surface area contributed by atoms with E-state index < -0.39 is 6.03 Å². The Labute approximate surface area is 143 Å². The highest BCUT2D eigenvalue weighted by atomic mass is 16.2. The number of hydrogen-bond acceptors (Lipinski definition) is 3. The molecule has 0 aromatic rings. The number of urea groups is 1. The van der Waals surface area contributed by atoms with Crippen molar-refractivity contribution in [2.75, 3.05) is 26.7 Å². The van der Waals surface area contributed by atoms with Gasteiger partial charge in [0, 0.05) is 12.6 Å². The van der Waals surface area contributed by atoms with Crippen molar-refractivity contribution in [3.63, 3.8) is 0 Å². The molecule has 2 aliphatic carbocycles. The van der Waals surface area contributed by atoms with Crippen LogP contribution in [-0.2, 0) is 9.59 Å². The molecule has 7 heteroatoms. The van der Waals surface area contributed by atoms with E-state index in [2.05, 4.69) is 22.0 Å². The molecule has 1 atom stereocenters. The molecule has 4 N–H and O–H groups in total. The molecule has 0 spiro atoms. The lowest BCUT2D eigenvalue weighted by Gasteiger charge is -2.14. The minimum Gasteiger partial charge on any atom is -0.348 e. The number of allylic oxidation sites excluding steroid dienone is 1. The lowest BCUT2D eigenvalue weighted by atomic mass is 9.97. The van der Waals surface area contributed by atoms with Crippen molar-refractivity contribution in [3.05, 3.63) is 11.6 Å². The highest BCUT2D eigenvalue weighted by Crippen LogP contribution is 2.19. The topological polar surface area (TPSA) is 91.7 Å². The summed E-state index contributed by atoms with van der Waals surface area (Å²) in [4.78, 5) is 35.9. The molecule has 0 aromatic carbocycles. The fraction of sp³-hybridized carbons (Fsp3) is 0.706. The summed E-state index contributed by atoms with van der Waals surface area (Å²) in [7, 11) is 1.76. The van der Waals surface area contributed by atoms with E-state index in [-0.39, 0.29) is 24.9 Å². The van der Waals surface area contributed by atoms with Crippen molar-refractivity contribution < 1.29 is 19.3 Å². The van der Waals surface area contributed by atoms with E-state index in [9.17, 15) is 14.4 Å². The van der Waals surface area contributed by atoms with Gasteiger partial charge >= 0.3 is 6.03 Å². The standard InChI is InChI=1S/C17H28N4O3/c1-21(11-15(22)19-14-7-8-14)12-16(23)20-17(24)18-10-9-13-5-3-2-4-6-13/h5,14H,2-4,6-12H2,1H3,(H,19,22)(H2,18,20,23,24)/p+1. The minimum atomic E-state index is -0.466. The number of imide groups is 1. The minimum absolute atomic E-state index is 0.0481. The summed E-state index contributed by atoms with van der Waals surface area (Å²) in [6, 6.07) is -0.143. The van der Waals surface area contributed by atoms with Crippen LogP contribution in [0.3, 0.4) is 0 Å².